The number of aryl methyl sites for hydroxylation is 2. The van der Waals surface area contributed by atoms with Crippen LogP contribution in [0.5, 0.6) is 0 Å². The van der Waals surface area contributed by atoms with Gasteiger partial charge in [-0.1, -0.05) is 29.8 Å². The fraction of sp³-hybridized carbons (Fsp3) is 0.235. The summed E-state index contributed by atoms with van der Waals surface area (Å²) in [7, 11) is -0.837. The molecule has 1 atom stereocenters. The normalized spacial score (nSPS) is 12.3. The molecule has 0 aliphatic heterocycles. The first kappa shape index (κ1) is 22.8. The van der Waals surface area contributed by atoms with Crippen molar-refractivity contribution < 1.29 is 51.4 Å². The van der Waals surface area contributed by atoms with Crippen LogP contribution in [0, 0.1) is 13.8 Å². The number of hydrogen-bond donors (Lipinski definition) is 0. The minimum atomic E-state index is -5.06. The van der Waals surface area contributed by atoms with Gasteiger partial charge >= 0.3 is 31.2 Å². The Hall–Kier alpha value is -1.28. The van der Waals surface area contributed by atoms with Gasteiger partial charge in [-0.2, -0.15) is 26.3 Å². The van der Waals surface area contributed by atoms with Gasteiger partial charge in [-0.25, -0.2) is 0 Å². The second kappa shape index (κ2) is 8.17. The number of halogens is 6. The number of hydrogen-bond acceptors (Lipinski definition) is 1. The van der Waals surface area contributed by atoms with E-state index in [2.05, 4.69) is 0 Å². The molecule has 0 heterocycles. The molecule has 2 rings (SSSR count). The van der Waals surface area contributed by atoms with Crippen molar-refractivity contribution in [3.05, 3.63) is 64.2 Å². The molecule has 0 amide bonds. The number of carbonyl (C=O) groups excluding carboxylic acids is 1. The van der Waals surface area contributed by atoms with E-state index in [1.165, 1.54) is 0 Å². The Kier molecular flexibility index (Phi) is 7.15. The van der Waals surface area contributed by atoms with Gasteiger partial charge in [0.1, 0.15) is 0 Å². The molecule has 0 saturated carbocycles. The van der Waals surface area contributed by atoms with Crippen molar-refractivity contribution in [1.29, 1.82) is 0 Å². The minimum absolute atomic E-state index is 0. The number of benzene rings is 2. The van der Waals surface area contributed by atoms with Crippen LogP contribution in [0.4, 0.5) is 26.3 Å². The molecule has 0 bridgehead atoms. The van der Waals surface area contributed by atoms with Crippen LogP contribution in [0.15, 0.2) is 36.4 Å². The predicted molar refractivity (Wildman–Crippen MR) is 85.8 cm³/mol. The van der Waals surface area contributed by atoms with E-state index in [0.717, 1.165) is 5.56 Å². The van der Waals surface area contributed by atoms with Crippen LogP contribution in [0.3, 0.4) is 0 Å². The van der Waals surface area contributed by atoms with Crippen molar-refractivity contribution in [1.82, 2.24) is 0 Å². The Labute approximate surface area is 161 Å². The second-order valence-electron chi connectivity index (χ2n) is 5.50. The average Bonchev–Trinajstić information content (AvgIpc) is 2.47. The summed E-state index contributed by atoms with van der Waals surface area (Å²) in [6.07, 6.45) is -10.1. The maximum absolute atomic E-state index is 13.1. The number of carbonyl (C=O) groups is 1. The number of alkyl halides is 6. The molecule has 0 saturated heterocycles. The average molecular weight is 386 g/mol. The number of rotatable bonds is 3. The standard InChI is InChI=1S/C17H13F6OP.Li.H/c1-9-6-7-13(10(2)8-9)25-15(24)14-11(16(18,19)20)4-3-5-12(14)17(21,22)23;;/h3-8,25H,1-2H3;;/q;+1;-1. The van der Waals surface area contributed by atoms with E-state index in [1.54, 1.807) is 32.0 Å². The molecule has 1 nitrogen and oxygen atoms in total. The topological polar surface area (TPSA) is 17.1 Å². The van der Waals surface area contributed by atoms with Crippen molar-refractivity contribution in [3.8, 4) is 0 Å². The summed E-state index contributed by atoms with van der Waals surface area (Å²) in [5.41, 5.74) is -4.11. The van der Waals surface area contributed by atoms with Crippen LogP contribution in [-0.2, 0) is 12.4 Å². The Morgan fingerprint density at radius 1 is 0.923 bits per heavy atom. The molecule has 0 aliphatic carbocycles. The van der Waals surface area contributed by atoms with Crippen molar-refractivity contribution in [2.45, 2.75) is 26.2 Å². The molecule has 26 heavy (non-hydrogen) atoms. The first-order valence-electron chi connectivity index (χ1n) is 7.07. The maximum Gasteiger partial charge on any atom is 1.00 e. The SMILES string of the molecule is Cc1ccc(PC(=O)c2c(C(F)(F)F)cccc2C(F)(F)F)c(C)c1.[H-].[Li+]. The van der Waals surface area contributed by atoms with Gasteiger partial charge in [0.05, 0.1) is 11.1 Å². The molecule has 0 spiro atoms. The van der Waals surface area contributed by atoms with Gasteiger partial charge in [0.25, 0.3) is 0 Å². The molecule has 2 aromatic rings. The zero-order chi connectivity index (χ0) is 19.0. The molecular weight excluding hydrogens is 372 g/mol. The van der Waals surface area contributed by atoms with Gasteiger partial charge in [0.15, 0.2) is 5.52 Å². The van der Waals surface area contributed by atoms with E-state index in [9.17, 15) is 31.1 Å². The van der Waals surface area contributed by atoms with Gasteiger partial charge in [-0.05, 0) is 45.4 Å². The second-order valence-corrected chi connectivity index (χ2v) is 6.74. The first-order chi connectivity index (χ1) is 11.4. The first-order valence-corrected chi connectivity index (χ1v) is 8.07. The summed E-state index contributed by atoms with van der Waals surface area (Å²) >= 11 is 0. The molecule has 9 heteroatoms. The Morgan fingerprint density at radius 3 is 1.85 bits per heavy atom. The molecular formula is C17H14F6LiOP. The summed E-state index contributed by atoms with van der Waals surface area (Å²) in [5.74, 6) is 0. The van der Waals surface area contributed by atoms with E-state index < -0.39 is 43.1 Å². The maximum atomic E-state index is 13.1. The Bertz CT molecular complexity index is 788. The van der Waals surface area contributed by atoms with Gasteiger partial charge in [0.2, 0.25) is 0 Å². The molecule has 0 radical (unpaired) electrons. The van der Waals surface area contributed by atoms with Crippen LogP contribution < -0.4 is 24.2 Å². The summed E-state index contributed by atoms with van der Waals surface area (Å²) in [4.78, 5) is 12.4. The van der Waals surface area contributed by atoms with Gasteiger partial charge in [-0.15, -0.1) is 0 Å². The van der Waals surface area contributed by atoms with E-state index in [0.29, 0.717) is 29.1 Å². The zero-order valence-corrected chi connectivity index (χ0v) is 15.1. The van der Waals surface area contributed by atoms with Gasteiger partial charge in [0, 0.05) is 5.56 Å². The van der Waals surface area contributed by atoms with Crippen LogP contribution in [0.1, 0.15) is 34.0 Å². The van der Waals surface area contributed by atoms with E-state index >= 15 is 0 Å². The third kappa shape index (κ3) is 5.13. The third-order valence-corrected chi connectivity index (χ3v) is 4.84. The molecule has 2 aromatic carbocycles. The molecule has 0 fully saturated rings. The van der Waals surface area contributed by atoms with Crippen LogP contribution in [0.25, 0.3) is 0 Å². The van der Waals surface area contributed by atoms with Crippen molar-refractivity contribution in [3.63, 3.8) is 0 Å². The van der Waals surface area contributed by atoms with E-state index in [1.807, 2.05) is 0 Å². The van der Waals surface area contributed by atoms with Crippen LogP contribution in [-0.4, -0.2) is 5.52 Å². The smallest absolute Gasteiger partial charge is 1.00 e. The molecule has 136 valence electrons. The fourth-order valence-electron chi connectivity index (χ4n) is 2.41. The van der Waals surface area contributed by atoms with Crippen molar-refractivity contribution in [2.75, 3.05) is 0 Å². The summed E-state index contributed by atoms with van der Waals surface area (Å²) < 4.78 is 78.8. The Balaban J connectivity index is 0.00000338. The summed E-state index contributed by atoms with van der Waals surface area (Å²) in [6.45, 7) is 3.45. The molecule has 0 N–H and O–H groups in total. The minimum Gasteiger partial charge on any atom is -1.00 e. The van der Waals surface area contributed by atoms with Crippen LogP contribution >= 0.6 is 8.58 Å². The predicted octanol–water partition coefficient (Wildman–Crippen LogP) is 2.60. The van der Waals surface area contributed by atoms with Crippen molar-refractivity contribution in [2.24, 2.45) is 0 Å². The van der Waals surface area contributed by atoms with Crippen LogP contribution in [0.2, 0.25) is 0 Å². The quantitative estimate of drug-likeness (QED) is 0.451. The molecule has 0 aromatic heterocycles. The van der Waals surface area contributed by atoms with E-state index in [-0.39, 0.29) is 20.3 Å². The van der Waals surface area contributed by atoms with Gasteiger partial charge < -0.3 is 1.43 Å². The molecule has 0 aliphatic rings. The van der Waals surface area contributed by atoms with Gasteiger partial charge in [-0.3, -0.25) is 4.79 Å². The summed E-state index contributed by atoms with van der Waals surface area (Å²) in [5, 5.41) is 0.417. The summed E-state index contributed by atoms with van der Waals surface area (Å²) in [6, 6.07) is 6.57. The Morgan fingerprint density at radius 2 is 1.42 bits per heavy atom. The fourth-order valence-corrected chi connectivity index (χ4v) is 3.48. The van der Waals surface area contributed by atoms with Crippen molar-refractivity contribution >= 4 is 19.4 Å². The largest absolute Gasteiger partial charge is 1.00 e. The molecule has 1 unspecified atom stereocenters. The van der Waals surface area contributed by atoms with E-state index in [4.69, 9.17) is 0 Å². The third-order valence-electron chi connectivity index (χ3n) is 3.53. The monoisotopic (exact) mass is 386 g/mol. The zero-order valence-electron chi connectivity index (χ0n) is 15.1.